The van der Waals surface area contributed by atoms with Crippen LogP contribution in [0.2, 0.25) is 6.04 Å². The van der Waals surface area contributed by atoms with Crippen molar-refractivity contribution in [2.45, 2.75) is 57.6 Å². The number of carbonyl (C=O) groups excluding carboxylic acids is 2. The minimum Gasteiger partial charge on any atom is -0.405 e. The van der Waals surface area contributed by atoms with Crippen molar-refractivity contribution in [2.24, 2.45) is 0 Å². The number of sulfone groups is 1. The molecule has 9 nitrogen and oxygen atoms in total. The Morgan fingerprint density at radius 1 is 0.875 bits per heavy atom. The van der Waals surface area contributed by atoms with Gasteiger partial charge in [0, 0.05) is 25.9 Å². The van der Waals surface area contributed by atoms with Gasteiger partial charge in [0.05, 0.1) is 5.75 Å². The molecule has 0 bridgehead atoms. The monoisotopic (exact) mass is 522 g/mol. The van der Waals surface area contributed by atoms with Crippen LogP contribution in [0.1, 0.15) is 28.2 Å². The molecule has 1 saturated heterocycles. The molecule has 1 aliphatic heterocycles. The van der Waals surface area contributed by atoms with Crippen molar-refractivity contribution in [3.8, 4) is 0 Å². The molecule has 190 valence electrons. The summed E-state index contributed by atoms with van der Waals surface area (Å²) in [6.45, 7) is 4.70. The third kappa shape index (κ3) is 6.12. The molecule has 1 fully saturated rings. The number of hydrogen-bond donors (Lipinski definition) is 0. The third-order valence-corrected chi connectivity index (χ3v) is 9.09. The van der Waals surface area contributed by atoms with E-state index in [2.05, 4.69) is 9.47 Å². The molecule has 17 heteroatoms. The molecule has 1 aliphatic rings. The van der Waals surface area contributed by atoms with Gasteiger partial charge in [0.25, 0.3) is 5.25 Å². The highest BCUT2D eigenvalue weighted by molar-refractivity contribution is 7.93. The van der Waals surface area contributed by atoms with Crippen molar-refractivity contribution in [3.63, 3.8) is 0 Å². The van der Waals surface area contributed by atoms with E-state index in [9.17, 15) is 44.3 Å². The Hall–Kier alpha value is -1.43. The van der Waals surface area contributed by atoms with Gasteiger partial charge in [-0.15, -0.1) is 0 Å². The lowest BCUT2D eigenvalue weighted by Crippen LogP contribution is -2.68. The van der Waals surface area contributed by atoms with Crippen molar-refractivity contribution in [2.75, 3.05) is 25.6 Å². The molecule has 0 aromatic carbocycles. The van der Waals surface area contributed by atoms with Crippen molar-refractivity contribution in [1.82, 2.24) is 0 Å². The minimum absolute atomic E-state index is 0. The first-order valence-electron chi connectivity index (χ1n) is 8.75. The number of cyclic esters (lactones) is 2. The number of rotatable bonds is 10. The van der Waals surface area contributed by atoms with Crippen LogP contribution in [0.5, 0.6) is 0 Å². The summed E-state index contributed by atoms with van der Waals surface area (Å²) in [5, 5.41) is -3.05. The summed E-state index contributed by atoms with van der Waals surface area (Å²) < 4.78 is 125. The predicted octanol–water partition coefficient (Wildman–Crippen LogP) is 2.38. The van der Waals surface area contributed by atoms with Gasteiger partial charge >= 0.3 is 38.9 Å². The van der Waals surface area contributed by atoms with Crippen LogP contribution in [-0.4, -0.2) is 78.1 Å². The zero-order valence-corrected chi connectivity index (χ0v) is 18.3. The van der Waals surface area contributed by atoms with Crippen molar-refractivity contribution >= 4 is 30.6 Å². The SMILES string of the molecule is C.CCO[Si](CCS(=O)(=O)C1C(=O)OC(C(F)(F)F)(C(F)(F)F)OC1=O)(OCC)OCC. The number of alkyl halides is 6. The fourth-order valence-electron chi connectivity index (χ4n) is 2.58. The Kier molecular flexibility index (Phi) is 10.2. The summed E-state index contributed by atoms with van der Waals surface area (Å²) in [4.78, 5) is 23.8. The maximum absolute atomic E-state index is 13.0. The van der Waals surface area contributed by atoms with Gasteiger partial charge in [-0.1, -0.05) is 7.43 Å². The lowest BCUT2D eigenvalue weighted by molar-refractivity contribution is -0.448. The molecule has 0 atom stereocenters. The Labute approximate surface area is 181 Å². The van der Waals surface area contributed by atoms with Gasteiger partial charge in [-0.3, -0.25) is 0 Å². The first-order chi connectivity index (χ1) is 14.0. The third-order valence-electron chi connectivity index (χ3n) is 3.81. The summed E-state index contributed by atoms with van der Waals surface area (Å²) in [5.74, 6) is -11.8. The number of hydrogen-bond acceptors (Lipinski definition) is 9. The maximum atomic E-state index is 13.0. The largest absolute Gasteiger partial charge is 0.501 e. The zero-order chi connectivity index (χ0) is 24.3. The predicted molar refractivity (Wildman–Crippen MR) is 96.8 cm³/mol. The maximum Gasteiger partial charge on any atom is 0.501 e. The first kappa shape index (κ1) is 30.6. The molecule has 32 heavy (non-hydrogen) atoms. The topological polar surface area (TPSA) is 114 Å². The lowest BCUT2D eigenvalue weighted by atomic mass is 10.2. The fraction of sp³-hybridized carbons (Fsp3) is 0.867. The van der Waals surface area contributed by atoms with Crippen LogP contribution < -0.4 is 0 Å². The highest BCUT2D eigenvalue weighted by atomic mass is 32.2. The minimum atomic E-state index is -6.41. The first-order valence-corrected chi connectivity index (χ1v) is 12.4. The standard InChI is InChI=1S/C14H20F6O9SSi.CH4/c1-4-25-31(26-5-2,27-6-3)8-7-30(23,24)9-10(21)28-12(13(15,16)17,14(18,19)20)29-11(9)22;/h9H,4-8H2,1-3H3;1H4. The van der Waals surface area contributed by atoms with E-state index in [4.69, 9.17) is 13.3 Å². The van der Waals surface area contributed by atoms with E-state index < -0.39 is 65.8 Å². The molecule has 0 aromatic heterocycles. The number of carbonyl (C=O) groups is 2. The Balaban J connectivity index is 0.00000961. The van der Waals surface area contributed by atoms with E-state index in [0.717, 1.165) is 0 Å². The van der Waals surface area contributed by atoms with E-state index in [0.29, 0.717) is 0 Å². The zero-order valence-electron chi connectivity index (χ0n) is 16.5. The van der Waals surface area contributed by atoms with Gasteiger partial charge in [0.2, 0.25) is 0 Å². The average Bonchev–Trinajstić information content (AvgIpc) is 2.58. The smallest absolute Gasteiger partial charge is 0.405 e. The second kappa shape index (κ2) is 10.7. The van der Waals surface area contributed by atoms with E-state index in [1.807, 2.05) is 0 Å². The summed E-state index contributed by atoms with van der Waals surface area (Å²) in [5.41, 5.74) is 0. The van der Waals surface area contributed by atoms with Crippen LogP contribution in [0.25, 0.3) is 0 Å². The molecule has 1 heterocycles. The number of halogens is 6. The van der Waals surface area contributed by atoms with Crippen LogP contribution in [-0.2, 0) is 42.2 Å². The van der Waals surface area contributed by atoms with Gasteiger partial charge in [-0.05, 0) is 20.8 Å². The highest BCUT2D eigenvalue weighted by Crippen LogP contribution is 2.49. The molecular formula is C15H24F6O9SSi. The molecule has 1 rings (SSSR count). The summed E-state index contributed by atoms with van der Waals surface area (Å²) in [6, 6.07) is -0.536. The van der Waals surface area contributed by atoms with Crippen molar-refractivity contribution < 1.29 is 67.1 Å². The summed E-state index contributed by atoms with van der Waals surface area (Å²) in [7, 11) is -8.64. The molecule has 0 amide bonds. The molecular weight excluding hydrogens is 498 g/mol. The van der Waals surface area contributed by atoms with Gasteiger partial charge in [0.1, 0.15) is 0 Å². The average molecular weight is 522 g/mol. The van der Waals surface area contributed by atoms with E-state index in [1.165, 1.54) is 20.8 Å². The summed E-state index contributed by atoms with van der Waals surface area (Å²) in [6.07, 6.45) is -12.8. The quantitative estimate of drug-likeness (QED) is 0.185. The second-order valence-electron chi connectivity index (χ2n) is 5.93. The van der Waals surface area contributed by atoms with E-state index in [-0.39, 0.29) is 27.2 Å². The fourth-order valence-corrected chi connectivity index (χ4v) is 7.64. The molecule has 0 N–H and O–H groups in total. The lowest BCUT2D eigenvalue weighted by Gasteiger charge is -2.39. The number of esters is 2. The molecule has 0 aromatic rings. The second-order valence-corrected chi connectivity index (χ2v) is 10.9. The van der Waals surface area contributed by atoms with Crippen LogP contribution in [0, 0.1) is 0 Å². The van der Waals surface area contributed by atoms with Gasteiger partial charge in [-0.2, -0.15) is 26.3 Å². The van der Waals surface area contributed by atoms with Crippen LogP contribution in [0.3, 0.4) is 0 Å². The summed E-state index contributed by atoms with van der Waals surface area (Å²) >= 11 is 0. The van der Waals surface area contributed by atoms with E-state index in [1.54, 1.807) is 0 Å². The van der Waals surface area contributed by atoms with Crippen molar-refractivity contribution in [1.29, 1.82) is 0 Å². The normalized spacial score (nSPS) is 18.0. The van der Waals surface area contributed by atoms with Crippen molar-refractivity contribution in [3.05, 3.63) is 0 Å². The molecule has 0 unspecified atom stereocenters. The van der Waals surface area contributed by atoms with Crippen LogP contribution in [0.15, 0.2) is 0 Å². The van der Waals surface area contributed by atoms with Gasteiger partial charge < -0.3 is 22.8 Å². The molecule has 0 radical (unpaired) electrons. The Bertz CT molecular complexity index is 717. The molecule has 0 spiro atoms. The molecule has 0 saturated carbocycles. The Morgan fingerprint density at radius 3 is 1.50 bits per heavy atom. The van der Waals surface area contributed by atoms with Crippen LogP contribution in [0.4, 0.5) is 26.3 Å². The van der Waals surface area contributed by atoms with Crippen LogP contribution >= 0.6 is 0 Å². The number of ether oxygens (including phenoxy) is 2. The van der Waals surface area contributed by atoms with E-state index >= 15 is 0 Å². The molecule has 0 aliphatic carbocycles. The Morgan fingerprint density at radius 2 is 1.22 bits per heavy atom. The van der Waals surface area contributed by atoms with Gasteiger partial charge in [-0.25, -0.2) is 18.0 Å². The highest BCUT2D eigenvalue weighted by Gasteiger charge is 2.81. The van der Waals surface area contributed by atoms with Gasteiger partial charge in [0.15, 0.2) is 9.84 Å².